The number of nitrogens with zero attached hydrogens (tertiary/aromatic N) is 2. The number of halogens is 1. The van der Waals surface area contributed by atoms with E-state index in [1.54, 1.807) is 13.0 Å². The van der Waals surface area contributed by atoms with Crippen LogP contribution >= 0.6 is 0 Å². The molecule has 0 radical (unpaired) electrons. The van der Waals surface area contributed by atoms with Gasteiger partial charge in [0.2, 0.25) is 5.43 Å². The molecule has 0 spiro atoms. The topological polar surface area (TPSA) is 88.6 Å². The van der Waals surface area contributed by atoms with Gasteiger partial charge in [-0.05, 0) is 31.4 Å². The fraction of sp³-hybridized carbons (Fsp3) is 0.368. The molecule has 6 nitrogen and oxygen atoms in total. The van der Waals surface area contributed by atoms with Crippen molar-refractivity contribution in [2.24, 2.45) is 5.73 Å². The molecule has 1 aromatic heterocycles. The van der Waals surface area contributed by atoms with Crippen molar-refractivity contribution in [1.82, 2.24) is 4.57 Å². The van der Waals surface area contributed by atoms with Crippen LogP contribution in [0.4, 0.5) is 10.1 Å². The summed E-state index contributed by atoms with van der Waals surface area (Å²) < 4.78 is 16.8. The van der Waals surface area contributed by atoms with E-state index < -0.39 is 17.2 Å². The van der Waals surface area contributed by atoms with Gasteiger partial charge in [0, 0.05) is 37.4 Å². The second-order valence-electron chi connectivity index (χ2n) is 7.00. The van der Waals surface area contributed by atoms with Gasteiger partial charge >= 0.3 is 5.97 Å². The predicted octanol–water partition coefficient (Wildman–Crippen LogP) is 2.19. The SMILES string of the molecule is Cc1c(F)c(N2CC(=CCN)C2)cc2c1c(=O)c(C(=O)O)cn2C1CC1. The largest absolute Gasteiger partial charge is 0.477 e. The molecule has 1 aliphatic heterocycles. The van der Waals surface area contributed by atoms with Crippen LogP contribution < -0.4 is 16.1 Å². The first kappa shape index (κ1) is 16.8. The predicted molar refractivity (Wildman–Crippen MR) is 97.5 cm³/mol. The van der Waals surface area contributed by atoms with Crippen LogP contribution in [0.15, 0.2) is 28.7 Å². The molecule has 1 aliphatic carbocycles. The molecule has 7 heteroatoms. The van der Waals surface area contributed by atoms with Crippen LogP contribution in [0.2, 0.25) is 0 Å². The Labute approximate surface area is 149 Å². The molecular formula is C19H20FN3O3. The molecule has 2 fully saturated rings. The molecule has 0 amide bonds. The van der Waals surface area contributed by atoms with Crippen LogP contribution in [0.1, 0.15) is 34.8 Å². The zero-order chi connectivity index (χ0) is 18.6. The van der Waals surface area contributed by atoms with Gasteiger partial charge in [-0.1, -0.05) is 6.08 Å². The van der Waals surface area contributed by atoms with Crippen LogP contribution in [-0.2, 0) is 0 Å². The number of anilines is 1. The highest BCUT2D eigenvalue weighted by molar-refractivity contribution is 5.95. The molecule has 4 rings (SSSR count). The summed E-state index contributed by atoms with van der Waals surface area (Å²) in [4.78, 5) is 26.0. The summed E-state index contributed by atoms with van der Waals surface area (Å²) in [5.74, 6) is -1.75. The zero-order valence-electron chi connectivity index (χ0n) is 14.5. The Hall–Kier alpha value is -2.67. The third kappa shape index (κ3) is 2.50. The molecule has 2 aromatic rings. The van der Waals surface area contributed by atoms with E-state index in [0.717, 1.165) is 18.4 Å². The Balaban J connectivity index is 1.93. The van der Waals surface area contributed by atoms with E-state index in [2.05, 4.69) is 0 Å². The Morgan fingerprint density at radius 1 is 1.42 bits per heavy atom. The molecule has 1 saturated heterocycles. The average Bonchev–Trinajstić information content (AvgIpc) is 3.38. The number of nitrogens with two attached hydrogens (primary N) is 1. The second-order valence-corrected chi connectivity index (χ2v) is 7.00. The van der Waals surface area contributed by atoms with Gasteiger partial charge in [-0.15, -0.1) is 0 Å². The number of hydrogen-bond donors (Lipinski definition) is 2. The quantitative estimate of drug-likeness (QED) is 0.819. The number of aromatic carboxylic acids is 1. The van der Waals surface area contributed by atoms with Crippen LogP contribution in [0, 0.1) is 12.7 Å². The number of pyridine rings is 1. The number of fused-ring (bicyclic) bond motifs is 1. The summed E-state index contributed by atoms with van der Waals surface area (Å²) in [5, 5.41) is 9.51. The van der Waals surface area contributed by atoms with Crippen LogP contribution in [0.5, 0.6) is 0 Å². The van der Waals surface area contributed by atoms with Gasteiger partial charge in [-0.2, -0.15) is 0 Å². The van der Waals surface area contributed by atoms with E-state index in [1.165, 1.54) is 6.20 Å². The fourth-order valence-electron chi connectivity index (χ4n) is 3.60. The molecule has 0 atom stereocenters. The number of hydrogen-bond acceptors (Lipinski definition) is 4. The maximum Gasteiger partial charge on any atom is 0.341 e. The smallest absolute Gasteiger partial charge is 0.341 e. The standard InChI is InChI=1S/C19H20FN3O3/c1-10-16-14(6-15(17(10)20)22-7-11(8-22)4-5-21)23(12-2-3-12)9-13(18(16)24)19(25)26/h4,6,9,12H,2-3,5,7-8,21H2,1H3,(H,25,26). The first-order valence-corrected chi connectivity index (χ1v) is 8.66. The van der Waals surface area contributed by atoms with E-state index >= 15 is 0 Å². The molecule has 3 N–H and O–H groups in total. The van der Waals surface area contributed by atoms with Crippen molar-refractivity contribution in [2.75, 3.05) is 24.5 Å². The molecule has 1 saturated carbocycles. The maximum absolute atomic E-state index is 15.0. The third-order valence-electron chi connectivity index (χ3n) is 5.18. The summed E-state index contributed by atoms with van der Waals surface area (Å²) in [7, 11) is 0. The lowest BCUT2D eigenvalue weighted by atomic mass is 10.0. The number of aryl methyl sites for hydroxylation is 1. The van der Waals surface area contributed by atoms with Gasteiger partial charge in [-0.3, -0.25) is 4.79 Å². The number of rotatable bonds is 4. The van der Waals surface area contributed by atoms with E-state index in [1.807, 2.05) is 15.5 Å². The highest BCUT2D eigenvalue weighted by Gasteiger charge is 2.30. The number of benzene rings is 1. The van der Waals surface area contributed by atoms with Crippen molar-refractivity contribution in [3.05, 3.63) is 51.1 Å². The molecule has 2 heterocycles. The Morgan fingerprint density at radius 2 is 2.12 bits per heavy atom. The first-order valence-electron chi connectivity index (χ1n) is 8.66. The normalized spacial score (nSPS) is 16.7. The van der Waals surface area contributed by atoms with E-state index in [-0.39, 0.29) is 22.6 Å². The number of carboxylic acid groups (broad SMARTS) is 1. The minimum atomic E-state index is -1.28. The number of carboxylic acids is 1. The van der Waals surface area contributed by atoms with Crippen molar-refractivity contribution < 1.29 is 14.3 Å². The lowest BCUT2D eigenvalue weighted by Crippen LogP contribution is -2.41. The summed E-state index contributed by atoms with van der Waals surface area (Å²) in [6.45, 7) is 3.23. The minimum Gasteiger partial charge on any atom is -0.477 e. The van der Waals surface area contributed by atoms with Crippen LogP contribution in [0.3, 0.4) is 0 Å². The molecular weight excluding hydrogens is 337 g/mol. The van der Waals surface area contributed by atoms with Crippen molar-refractivity contribution in [1.29, 1.82) is 0 Å². The average molecular weight is 357 g/mol. The molecule has 136 valence electrons. The van der Waals surface area contributed by atoms with Gasteiger partial charge in [0.05, 0.1) is 16.6 Å². The maximum atomic E-state index is 15.0. The van der Waals surface area contributed by atoms with Crippen molar-refractivity contribution in [3.8, 4) is 0 Å². The highest BCUT2D eigenvalue weighted by atomic mass is 19.1. The summed E-state index contributed by atoms with van der Waals surface area (Å²) in [5.41, 5.74) is 6.99. The van der Waals surface area contributed by atoms with Gasteiger partial charge in [0.25, 0.3) is 0 Å². The third-order valence-corrected chi connectivity index (χ3v) is 5.18. The van der Waals surface area contributed by atoms with Crippen LogP contribution in [-0.4, -0.2) is 35.3 Å². The lowest BCUT2D eigenvalue weighted by Gasteiger charge is -2.37. The Bertz CT molecular complexity index is 1010. The van der Waals surface area contributed by atoms with Gasteiger partial charge < -0.3 is 20.3 Å². The molecule has 0 unspecified atom stereocenters. The second kappa shape index (κ2) is 5.95. The van der Waals surface area contributed by atoms with E-state index in [4.69, 9.17) is 5.73 Å². The molecule has 2 aliphatic rings. The van der Waals surface area contributed by atoms with E-state index in [9.17, 15) is 19.1 Å². The molecule has 1 aromatic carbocycles. The minimum absolute atomic E-state index is 0.163. The number of carbonyl (C=O) groups is 1. The Morgan fingerprint density at radius 3 is 2.69 bits per heavy atom. The lowest BCUT2D eigenvalue weighted by molar-refractivity contribution is 0.0695. The molecule has 26 heavy (non-hydrogen) atoms. The summed E-state index contributed by atoms with van der Waals surface area (Å²) in [6.07, 6.45) is 5.19. The fourth-order valence-corrected chi connectivity index (χ4v) is 3.60. The van der Waals surface area contributed by atoms with E-state index in [0.29, 0.717) is 30.8 Å². The van der Waals surface area contributed by atoms with Gasteiger partial charge in [0.1, 0.15) is 11.4 Å². The van der Waals surface area contributed by atoms with Crippen molar-refractivity contribution in [2.45, 2.75) is 25.8 Å². The first-order chi connectivity index (χ1) is 12.4. The number of aromatic nitrogens is 1. The molecule has 0 bridgehead atoms. The zero-order valence-corrected chi connectivity index (χ0v) is 14.5. The van der Waals surface area contributed by atoms with Gasteiger partial charge in [-0.25, -0.2) is 9.18 Å². The highest BCUT2D eigenvalue weighted by Crippen LogP contribution is 2.39. The van der Waals surface area contributed by atoms with Crippen molar-refractivity contribution >= 4 is 22.6 Å². The van der Waals surface area contributed by atoms with Gasteiger partial charge in [0.15, 0.2) is 0 Å². The Kier molecular flexibility index (Phi) is 3.84. The monoisotopic (exact) mass is 357 g/mol. The summed E-state index contributed by atoms with van der Waals surface area (Å²) in [6, 6.07) is 1.85. The van der Waals surface area contributed by atoms with Crippen LogP contribution in [0.25, 0.3) is 10.9 Å². The summed E-state index contributed by atoms with van der Waals surface area (Å²) >= 11 is 0. The van der Waals surface area contributed by atoms with Crippen molar-refractivity contribution in [3.63, 3.8) is 0 Å².